The number of hydrogen-bond acceptors (Lipinski definition) is 3. The van der Waals surface area contributed by atoms with Gasteiger partial charge in [-0.3, -0.25) is 14.9 Å². The van der Waals surface area contributed by atoms with Gasteiger partial charge in [-0.25, -0.2) is 0 Å². The Morgan fingerprint density at radius 3 is 1.86 bits per heavy atom. The van der Waals surface area contributed by atoms with E-state index in [-0.39, 0.29) is 11.5 Å². The smallest absolute Gasteiger partial charge is 0.303 e. The van der Waals surface area contributed by atoms with Gasteiger partial charge in [0.2, 0.25) is 6.54 Å². The van der Waals surface area contributed by atoms with Crippen molar-refractivity contribution in [1.29, 1.82) is 0 Å². The predicted molar refractivity (Wildman–Crippen MR) is 84.0 cm³/mol. The Balaban J connectivity index is 3.12. The third-order valence-corrected chi connectivity index (χ3v) is 3.39. The van der Waals surface area contributed by atoms with Gasteiger partial charge in [-0.05, 0) is 38.5 Å². The van der Waals surface area contributed by atoms with Crippen LogP contribution in [-0.2, 0) is 4.79 Å². The van der Waals surface area contributed by atoms with Gasteiger partial charge in [0.1, 0.15) is 0 Å². The Morgan fingerprint density at radius 1 is 0.857 bits per heavy atom. The maximum Gasteiger partial charge on any atom is 0.303 e. The zero-order chi connectivity index (χ0) is 15.8. The lowest BCUT2D eigenvalue weighted by atomic mass is 10.1. The average Bonchev–Trinajstić information content (AvgIpc) is 2.42. The van der Waals surface area contributed by atoms with Crippen molar-refractivity contribution in [2.75, 3.05) is 6.54 Å². The van der Waals surface area contributed by atoms with Gasteiger partial charge >= 0.3 is 5.97 Å². The summed E-state index contributed by atoms with van der Waals surface area (Å²) in [5.74, 6) is -0.698. The molecule has 0 saturated carbocycles. The Morgan fingerprint density at radius 2 is 1.33 bits per heavy atom. The predicted octanol–water partition coefficient (Wildman–Crippen LogP) is 4.59. The molecule has 0 atom stereocenters. The number of unbranched alkanes of at least 4 members (excludes halogenated alkanes) is 9. The first-order chi connectivity index (χ1) is 10.1. The van der Waals surface area contributed by atoms with Crippen molar-refractivity contribution in [2.45, 2.75) is 77.0 Å². The second-order valence-electron chi connectivity index (χ2n) is 5.43. The van der Waals surface area contributed by atoms with E-state index in [4.69, 9.17) is 5.11 Å². The van der Waals surface area contributed by atoms with E-state index in [1.807, 2.05) is 0 Å². The van der Waals surface area contributed by atoms with Gasteiger partial charge in [0.05, 0.1) is 0 Å². The fourth-order valence-electron chi connectivity index (χ4n) is 2.16. The van der Waals surface area contributed by atoms with E-state index in [2.05, 4.69) is 12.2 Å². The van der Waals surface area contributed by atoms with Crippen molar-refractivity contribution in [2.24, 2.45) is 0 Å². The van der Waals surface area contributed by atoms with Gasteiger partial charge in [0, 0.05) is 17.8 Å². The summed E-state index contributed by atoms with van der Waals surface area (Å²) < 4.78 is 0. The second kappa shape index (κ2) is 15.0. The van der Waals surface area contributed by atoms with E-state index in [0.29, 0.717) is 12.8 Å². The molecule has 0 aromatic carbocycles. The fourth-order valence-corrected chi connectivity index (χ4v) is 2.16. The molecule has 0 aromatic rings. The van der Waals surface area contributed by atoms with Crippen LogP contribution in [0.4, 0.5) is 0 Å². The second-order valence-corrected chi connectivity index (χ2v) is 5.43. The minimum atomic E-state index is -0.698. The van der Waals surface area contributed by atoms with Gasteiger partial charge in [-0.2, -0.15) is 0 Å². The largest absolute Gasteiger partial charge is 0.481 e. The monoisotopic (exact) mass is 299 g/mol. The van der Waals surface area contributed by atoms with Crippen LogP contribution in [-0.4, -0.2) is 22.5 Å². The number of aliphatic carboxylic acids is 1. The molecule has 0 rings (SSSR count). The molecule has 5 heteroatoms. The SMILES string of the molecule is O=C(O)CCCCCCC/C=C\CCCCCC[N+](=O)[O-]. The van der Waals surface area contributed by atoms with E-state index in [1.165, 1.54) is 12.8 Å². The minimum Gasteiger partial charge on any atom is -0.481 e. The third kappa shape index (κ3) is 18.6. The van der Waals surface area contributed by atoms with E-state index in [1.54, 1.807) is 0 Å². The summed E-state index contributed by atoms with van der Waals surface area (Å²) in [7, 11) is 0. The molecule has 0 fully saturated rings. The van der Waals surface area contributed by atoms with Crippen LogP contribution in [0, 0.1) is 10.1 Å². The van der Waals surface area contributed by atoms with Gasteiger partial charge in [0.25, 0.3) is 0 Å². The van der Waals surface area contributed by atoms with Crippen LogP contribution in [0.5, 0.6) is 0 Å². The van der Waals surface area contributed by atoms with Crippen LogP contribution >= 0.6 is 0 Å². The molecule has 0 heterocycles. The molecule has 122 valence electrons. The number of allylic oxidation sites excluding steroid dienone is 2. The van der Waals surface area contributed by atoms with Crippen molar-refractivity contribution in [3.8, 4) is 0 Å². The van der Waals surface area contributed by atoms with Crippen molar-refractivity contribution in [3.63, 3.8) is 0 Å². The van der Waals surface area contributed by atoms with Crippen LogP contribution in [0.15, 0.2) is 12.2 Å². The molecular weight excluding hydrogens is 270 g/mol. The lowest BCUT2D eigenvalue weighted by molar-refractivity contribution is -0.480. The molecule has 0 unspecified atom stereocenters. The summed E-state index contributed by atoms with van der Waals surface area (Å²) in [4.78, 5) is 20.2. The number of hydrogen-bond donors (Lipinski definition) is 1. The van der Waals surface area contributed by atoms with Crippen LogP contribution in [0.1, 0.15) is 77.0 Å². The van der Waals surface area contributed by atoms with Crippen LogP contribution in [0.25, 0.3) is 0 Å². The summed E-state index contributed by atoms with van der Waals surface area (Å²) in [5, 5.41) is 18.6. The van der Waals surface area contributed by atoms with Crippen molar-refractivity contribution in [3.05, 3.63) is 22.3 Å². The first-order valence-corrected chi connectivity index (χ1v) is 8.11. The zero-order valence-electron chi connectivity index (χ0n) is 13.0. The highest BCUT2D eigenvalue weighted by molar-refractivity contribution is 5.66. The Kier molecular flexibility index (Phi) is 14.0. The maximum absolute atomic E-state index is 10.3. The van der Waals surface area contributed by atoms with Crippen molar-refractivity contribution in [1.82, 2.24) is 0 Å². The molecule has 0 saturated heterocycles. The lowest BCUT2D eigenvalue weighted by Crippen LogP contribution is -1.99. The number of carboxylic acids is 1. The zero-order valence-corrected chi connectivity index (χ0v) is 13.0. The highest BCUT2D eigenvalue weighted by Gasteiger charge is 1.96. The molecule has 0 aromatic heterocycles. The molecule has 0 spiro atoms. The maximum atomic E-state index is 10.3. The summed E-state index contributed by atoms with van der Waals surface area (Å²) in [6.07, 6.45) is 16.0. The van der Waals surface area contributed by atoms with Crippen LogP contribution in [0.2, 0.25) is 0 Å². The Bertz CT molecular complexity index is 303. The minimum absolute atomic E-state index is 0.0995. The molecule has 21 heavy (non-hydrogen) atoms. The summed E-state index contributed by atoms with van der Waals surface area (Å²) in [5.41, 5.74) is 0. The van der Waals surface area contributed by atoms with E-state index in [9.17, 15) is 14.9 Å². The number of nitrogens with zero attached hydrogens (tertiary/aromatic N) is 1. The molecule has 0 amide bonds. The number of carbonyl (C=O) groups is 1. The summed E-state index contributed by atoms with van der Waals surface area (Å²) in [6, 6.07) is 0. The number of nitro groups is 1. The van der Waals surface area contributed by atoms with Crippen molar-refractivity contribution < 1.29 is 14.8 Å². The van der Waals surface area contributed by atoms with Gasteiger partial charge < -0.3 is 5.11 Å². The molecule has 0 aliphatic carbocycles. The summed E-state index contributed by atoms with van der Waals surface area (Å²) in [6.45, 7) is 0.0995. The Hall–Kier alpha value is -1.39. The van der Waals surface area contributed by atoms with E-state index >= 15 is 0 Å². The highest BCUT2D eigenvalue weighted by atomic mass is 16.6. The van der Waals surface area contributed by atoms with E-state index in [0.717, 1.165) is 51.4 Å². The topological polar surface area (TPSA) is 80.4 Å². The lowest BCUT2D eigenvalue weighted by Gasteiger charge is -1.98. The number of carboxylic acid groups (broad SMARTS) is 1. The first kappa shape index (κ1) is 19.6. The molecule has 0 bridgehead atoms. The normalized spacial score (nSPS) is 11.0. The molecule has 0 radical (unpaired) electrons. The van der Waals surface area contributed by atoms with Crippen molar-refractivity contribution >= 4 is 5.97 Å². The summed E-state index contributed by atoms with van der Waals surface area (Å²) >= 11 is 0. The fraction of sp³-hybridized carbons (Fsp3) is 0.812. The standard InChI is InChI=1S/C16H29NO4/c18-16(19)14-12-10-8-6-4-2-1-3-5-7-9-11-13-15-17(20)21/h1,3H,2,4-15H2,(H,18,19)/b3-1-. The van der Waals surface area contributed by atoms with Crippen LogP contribution < -0.4 is 0 Å². The molecule has 0 aliphatic heterocycles. The third-order valence-electron chi connectivity index (χ3n) is 3.39. The molecular formula is C16H29NO4. The van der Waals surface area contributed by atoms with Gasteiger partial charge in [-0.1, -0.05) is 37.8 Å². The van der Waals surface area contributed by atoms with Gasteiger partial charge in [0.15, 0.2) is 0 Å². The average molecular weight is 299 g/mol. The Labute approximate surface area is 127 Å². The molecule has 1 N–H and O–H groups in total. The van der Waals surface area contributed by atoms with Gasteiger partial charge in [-0.15, -0.1) is 0 Å². The molecule has 5 nitrogen and oxygen atoms in total. The highest BCUT2D eigenvalue weighted by Crippen LogP contribution is 2.08. The van der Waals surface area contributed by atoms with Crippen LogP contribution in [0.3, 0.4) is 0 Å². The number of rotatable bonds is 15. The first-order valence-electron chi connectivity index (χ1n) is 8.11. The quantitative estimate of drug-likeness (QED) is 0.208. The molecule has 0 aliphatic rings. The van der Waals surface area contributed by atoms with E-state index < -0.39 is 5.97 Å².